The van der Waals surface area contributed by atoms with Crippen LogP contribution in [0.5, 0.6) is 0 Å². The molecule has 0 spiro atoms. The van der Waals surface area contributed by atoms with Gasteiger partial charge in [-0.05, 0) is 0 Å². The zero-order valence-electron chi connectivity index (χ0n) is 10.8. The van der Waals surface area contributed by atoms with E-state index in [0.717, 1.165) is 6.42 Å². The van der Waals surface area contributed by atoms with Crippen molar-refractivity contribution in [2.75, 3.05) is 0 Å². The van der Waals surface area contributed by atoms with Gasteiger partial charge >= 0.3 is 21.7 Å². The van der Waals surface area contributed by atoms with Crippen molar-refractivity contribution in [1.82, 2.24) is 0 Å². The van der Waals surface area contributed by atoms with Crippen molar-refractivity contribution in [2.45, 2.75) is 44.8 Å². The van der Waals surface area contributed by atoms with Crippen molar-refractivity contribution in [3.63, 3.8) is 0 Å². The average molecular weight is 276 g/mol. The van der Waals surface area contributed by atoms with E-state index < -0.39 is 8.07 Å². The Morgan fingerprint density at radius 3 is 2.35 bits per heavy atom. The van der Waals surface area contributed by atoms with E-state index in [9.17, 15) is 0 Å². The summed E-state index contributed by atoms with van der Waals surface area (Å²) in [5.74, 6) is 0. The van der Waals surface area contributed by atoms with Crippen LogP contribution >= 0.6 is 0 Å². The molecule has 3 aliphatic rings. The third-order valence-corrected chi connectivity index (χ3v) is 8.20. The quantitative estimate of drug-likeness (QED) is 0.492. The standard InChI is InChI=1S/C10H15Si.C5H5.Ti/c1-9-4-5-10(8-9)11(2)6-3-7-11;1-2-4-5-3-1;/h5H,3-4,6-7H2,1-2H3;1-3H,4H2;/q2*-1;+2. The molecule has 0 nitrogen and oxygen atoms in total. The van der Waals surface area contributed by atoms with E-state index in [2.05, 4.69) is 37.8 Å². The molecule has 1 saturated heterocycles. The van der Waals surface area contributed by atoms with Gasteiger partial charge in [-0.1, -0.05) is 38.4 Å². The molecule has 0 unspecified atom stereocenters. The van der Waals surface area contributed by atoms with Gasteiger partial charge in [0.25, 0.3) is 0 Å². The fourth-order valence-electron chi connectivity index (χ4n) is 2.30. The van der Waals surface area contributed by atoms with Gasteiger partial charge in [0.05, 0.1) is 0 Å². The van der Waals surface area contributed by atoms with Crippen LogP contribution in [0.4, 0.5) is 0 Å². The minimum atomic E-state index is -0.876. The summed E-state index contributed by atoms with van der Waals surface area (Å²) in [6, 6.07) is 3.03. The van der Waals surface area contributed by atoms with Crippen LogP contribution in [0.2, 0.25) is 18.6 Å². The number of rotatable bonds is 1. The summed E-state index contributed by atoms with van der Waals surface area (Å²) >= 11 is 0. The molecular formula is C15H20SiTi. The molecule has 0 aromatic carbocycles. The molecule has 88 valence electrons. The first kappa shape index (κ1) is 15.0. The smallest absolute Gasteiger partial charge is 0.273 e. The normalized spacial score (nSPS) is 22.9. The summed E-state index contributed by atoms with van der Waals surface area (Å²) in [5, 5.41) is 1.63. The Hall–Kier alpha value is -0.109. The van der Waals surface area contributed by atoms with Crippen LogP contribution in [0.3, 0.4) is 0 Å². The van der Waals surface area contributed by atoms with Gasteiger partial charge in [-0.2, -0.15) is 11.6 Å². The summed E-state index contributed by atoms with van der Waals surface area (Å²) in [5.41, 5.74) is 1.45. The first-order valence-electron chi connectivity index (χ1n) is 6.22. The summed E-state index contributed by atoms with van der Waals surface area (Å²) in [6.07, 6.45) is 18.6. The van der Waals surface area contributed by atoms with Crippen molar-refractivity contribution in [3.8, 4) is 0 Å². The van der Waals surface area contributed by atoms with Gasteiger partial charge in [0.15, 0.2) is 0 Å². The summed E-state index contributed by atoms with van der Waals surface area (Å²) < 4.78 is 0. The predicted octanol–water partition coefficient (Wildman–Crippen LogP) is 4.39. The Kier molecular flexibility index (Phi) is 5.91. The molecule has 0 bridgehead atoms. The molecule has 17 heavy (non-hydrogen) atoms. The molecule has 0 aromatic heterocycles. The third kappa shape index (κ3) is 3.94. The number of allylic oxidation sites excluding steroid dienone is 8. The molecule has 0 amide bonds. The Morgan fingerprint density at radius 1 is 1.29 bits per heavy atom. The van der Waals surface area contributed by atoms with Crippen molar-refractivity contribution >= 4 is 8.07 Å². The molecule has 2 heteroatoms. The van der Waals surface area contributed by atoms with Gasteiger partial charge in [-0.25, -0.2) is 23.4 Å². The number of hydrogen-bond acceptors (Lipinski definition) is 0. The molecule has 0 saturated carbocycles. The number of hydrogen-bond donors (Lipinski definition) is 0. The van der Waals surface area contributed by atoms with Crippen LogP contribution in [0.1, 0.15) is 26.2 Å². The van der Waals surface area contributed by atoms with Crippen LogP contribution in [-0.2, 0) is 21.7 Å². The molecular weight excluding hydrogens is 256 g/mol. The van der Waals surface area contributed by atoms with Gasteiger partial charge in [0.1, 0.15) is 0 Å². The molecule has 3 rings (SSSR count). The second kappa shape index (κ2) is 6.72. The maximum atomic E-state index is 3.54. The van der Waals surface area contributed by atoms with Gasteiger partial charge in [-0.3, -0.25) is 12.2 Å². The molecule has 1 fully saturated rings. The second-order valence-electron chi connectivity index (χ2n) is 5.14. The van der Waals surface area contributed by atoms with Crippen LogP contribution in [0.25, 0.3) is 0 Å². The average Bonchev–Trinajstić information content (AvgIpc) is 2.87. The predicted molar refractivity (Wildman–Crippen MR) is 72.5 cm³/mol. The first-order chi connectivity index (χ1) is 7.71. The second-order valence-corrected chi connectivity index (χ2v) is 9.80. The zero-order chi connectivity index (χ0) is 11.4. The topological polar surface area (TPSA) is 0 Å². The van der Waals surface area contributed by atoms with E-state index in [-0.39, 0.29) is 21.7 Å². The molecule has 1 heterocycles. The minimum absolute atomic E-state index is 0. The Bertz CT molecular complexity index is 360. The molecule has 0 radical (unpaired) electrons. The zero-order valence-corrected chi connectivity index (χ0v) is 13.4. The van der Waals surface area contributed by atoms with Crippen molar-refractivity contribution in [1.29, 1.82) is 0 Å². The van der Waals surface area contributed by atoms with E-state index in [1.54, 1.807) is 5.20 Å². The van der Waals surface area contributed by atoms with Gasteiger partial charge < -0.3 is 0 Å². The Balaban J connectivity index is 0.000000205. The molecule has 0 N–H and O–H groups in total. The molecule has 2 aliphatic carbocycles. The maximum absolute atomic E-state index is 3.54. The SMILES string of the molecule is CC1=[C-]C([Si]2(C)CCC2)=CC1.[C-]1=CC=CC1.[Ti+2]. The van der Waals surface area contributed by atoms with E-state index in [1.807, 2.05) is 12.2 Å². The van der Waals surface area contributed by atoms with Gasteiger partial charge in [0, 0.05) is 8.07 Å². The van der Waals surface area contributed by atoms with E-state index in [4.69, 9.17) is 0 Å². The summed E-state index contributed by atoms with van der Waals surface area (Å²) in [7, 11) is -0.876. The maximum Gasteiger partial charge on any atom is 2.00 e. The van der Waals surface area contributed by atoms with E-state index in [1.165, 1.54) is 30.5 Å². The first-order valence-corrected chi connectivity index (χ1v) is 9.14. The van der Waals surface area contributed by atoms with Crippen LogP contribution < -0.4 is 0 Å². The van der Waals surface area contributed by atoms with Gasteiger partial charge in [-0.15, -0.1) is 6.42 Å². The van der Waals surface area contributed by atoms with Crippen molar-refractivity contribution < 1.29 is 21.7 Å². The third-order valence-electron chi connectivity index (χ3n) is 3.65. The van der Waals surface area contributed by atoms with Crippen molar-refractivity contribution in [3.05, 3.63) is 47.2 Å². The van der Waals surface area contributed by atoms with Crippen molar-refractivity contribution in [2.24, 2.45) is 0 Å². The van der Waals surface area contributed by atoms with Gasteiger partial charge in [0.2, 0.25) is 0 Å². The molecule has 0 atom stereocenters. The minimum Gasteiger partial charge on any atom is -0.273 e. The largest absolute Gasteiger partial charge is 2.00 e. The van der Waals surface area contributed by atoms with Crippen LogP contribution in [-0.4, -0.2) is 8.07 Å². The Labute approximate surface area is 121 Å². The summed E-state index contributed by atoms with van der Waals surface area (Å²) in [4.78, 5) is 0. The molecule has 1 aliphatic heterocycles. The van der Waals surface area contributed by atoms with Crippen LogP contribution in [0.15, 0.2) is 35.1 Å². The Morgan fingerprint density at radius 2 is 2.06 bits per heavy atom. The molecule has 0 aromatic rings. The monoisotopic (exact) mass is 276 g/mol. The van der Waals surface area contributed by atoms with E-state index in [0.29, 0.717) is 0 Å². The summed E-state index contributed by atoms with van der Waals surface area (Å²) in [6.45, 7) is 4.70. The van der Waals surface area contributed by atoms with Crippen LogP contribution in [0, 0.1) is 12.2 Å². The fraction of sp³-hybridized carbons (Fsp3) is 0.467. The van der Waals surface area contributed by atoms with E-state index >= 15 is 0 Å². The fourth-order valence-corrected chi connectivity index (χ4v) is 5.36.